The zero-order valence-corrected chi connectivity index (χ0v) is 18.3. The second kappa shape index (κ2) is 8.09. The summed E-state index contributed by atoms with van der Waals surface area (Å²) in [4.78, 5) is 33.1. The van der Waals surface area contributed by atoms with E-state index in [0.29, 0.717) is 36.0 Å². The molecule has 0 radical (unpaired) electrons. The Balaban J connectivity index is 1.36. The van der Waals surface area contributed by atoms with Gasteiger partial charge in [0.1, 0.15) is 5.56 Å². The fourth-order valence-corrected chi connectivity index (χ4v) is 6.01. The molecule has 164 valence electrons. The molecule has 2 bridgehead atoms. The number of amides is 1. The SMILES string of the molecule is CN(C)[C@H]1CCN(C(=O)c2ccc3n(c2=O)C[C@H]2C[C@@H]3CN(C3CCOCC3)C2)C1. The number of pyridine rings is 1. The van der Waals surface area contributed by atoms with Crippen molar-refractivity contribution in [3.05, 3.63) is 33.7 Å². The molecule has 4 aliphatic heterocycles. The van der Waals surface area contributed by atoms with Crippen LogP contribution in [0.5, 0.6) is 0 Å². The van der Waals surface area contributed by atoms with Gasteiger partial charge < -0.3 is 19.1 Å². The highest BCUT2D eigenvalue weighted by Crippen LogP contribution is 2.37. The number of likely N-dealkylation sites (tertiary alicyclic amines) is 2. The third-order valence-corrected chi connectivity index (χ3v) is 7.75. The predicted molar refractivity (Wildman–Crippen MR) is 115 cm³/mol. The van der Waals surface area contributed by atoms with Crippen molar-refractivity contribution >= 4 is 5.91 Å². The molecule has 0 saturated carbocycles. The van der Waals surface area contributed by atoms with Crippen LogP contribution in [-0.4, -0.2) is 90.7 Å². The number of fused-ring (bicyclic) bond motifs is 4. The van der Waals surface area contributed by atoms with Gasteiger partial charge in [-0.05, 0) is 57.8 Å². The van der Waals surface area contributed by atoms with Crippen LogP contribution in [0.15, 0.2) is 16.9 Å². The minimum Gasteiger partial charge on any atom is -0.381 e. The molecule has 5 heterocycles. The largest absolute Gasteiger partial charge is 0.381 e. The second-order valence-corrected chi connectivity index (χ2v) is 9.84. The first-order valence-corrected chi connectivity index (χ1v) is 11.5. The Labute approximate surface area is 178 Å². The maximum atomic E-state index is 13.3. The molecule has 1 amide bonds. The van der Waals surface area contributed by atoms with E-state index < -0.39 is 0 Å². The van der Waals surface area contributed by atoms with Gasteiger partial charge in [0.05, 0.1) is 0 Å². The molecule has 1 aromatic rings. The van der Waals surface area contributed by atoms with Crippen LogP contribution in [0.2, 0.25) is 0 Å². The van der Waals surface area contributed by atoms with Crippen molar-refractivity contribution in [3.8, 4) is 0 Å². The van der Waals surface area contributed by atoms with Gasteiger partial charge >= 0.3 is 0 Å². The summed E-state index contributed by atoms with van der Waals surface area (Å²) in [5.74, 6) is 0.786. The van der Waals surface area contributed by atoms with Crippen LogP contribution in [-0.2, 0) is 11.3 Å². The number of carbonyl (C=O) groups excluding carboxylic acids is 1. The zero-order chi connectivity index (χ0) is 20.8. The Kier molecular flexibility index (Phi) is 5.45. The molecule has 4 aliphatic rings. The number of aromatic nitrogens is 1. The number of carbonyl (C=O) groups is 1. The van der Waals surface area contributed by atoms with Crippen molar-refractivity contribution in [2.24, 2.45) is 5.92 Å². The van der Waals surface area contributed by atoms with Crippen LogP contribution < -0.4 is 5.56 Å². The normalized spacial score (nSPS) is 30.0. The number of hydrogen-bond donors (Lipinski definition) is 0. The molecule has 7 heteroatoms. The van der Waals surface area contributed by atoms with E-state index in [1.807, 2.05) is 9.47 Å². The summed E-state index contributed by atoms with van der Waals surface area (Å²) in [6, 6.07) is 4.85. The Bertz CT molecular complexity index is 860. The molecule has 0 aromatic carbocycles. The number of piperidine rings is 1. The van der Waals surface area contributed by atoms with Gasteiger partial charge in [0.15, 0.2) is 0 Å². The lowest BCUT2D eigenvalue weighted by Gasteiger charge is -2.46. The summed E-state index contributed by atoms with van der Waals surface area (Å²) < 4.78 is 7.47. The summed E-state index contributed by atoms with van der Waals surface area (Å²) in [5.41, 5.74) is 1.39. The fraction of sp³-hybridized carbons (Fsp3) is 0.739. The number of likely N-dealkylation sites (N-methyl/N-ethyl adjacent to an activating group) is 1. The molecule has 0 aliphatic carbocycles. The molecule has 30 heavy (non-hydrogen) atoms. The van der Waals surface area contributed by atoms with Crippen molar-refractivity contribution < 1.29 is 9.53 Å². The third kappa shape index (κ3) is 3.61. The Morgan fingerprint density at radius 3 is 2.60 bits per heavy atom. The smallest absolute Gasteiger partial charge is 0.263 e. The highest BCUT2D eigenvalue weighted by molar-refractivity contribution is 5.94. The van der Waals surface area contributed by atoms with Crippen LogP contribution in [0, 0.1) is 5.92 Å². The van der Waals surface area contributed by atoms with Crippen molar-refractivity contribution in [2.45, 2.75) is 50.2 Å². The van der Waals surface area contributed by atoms with Crippen molar-refractivity contribution in [1.82, 2.24) is 19.3 Å². The highest BCUT2D eigenvalue weighted by atomic mass is 16.5. The van der Waals surface area contributed by atoms with E-state index in [4.69, 9.17) is 4.74 Å². The minimum absolute atomic E-state index is 0.0833. The first kappa shape index (κ1) is 20.2. The lowest BCUT2D eigenvalue weighted by atomic mass is 9.82. The molecule has 3 fully saturated rings. The molecular formula is C23H34N4O3. The zero-order valence-electron chi connectivity index (χ0n) is 18.3. The monoisotopic (exact) mass is 414 g/mol. The molecule has 7 nitrogen and oxygen atoms in total. The van der Waals surface area contributed by atoms with Gasteiger partial charge in [0.25, 0.3) is 11.5 Å². The quantitative estimate of drug-likeness (QED) is 0.745. The van der Waals surface area contributed by atoms with Gasteiger partial charge in [0.2, 0.25) is 0 Å². The lowest BCUT2D eigenvalue weighted by Crippen LogP contribution is -2.52. The number of rotatable bonds is 3. The second-order valence-electron chi connectivity index (χ2n) is 9.84. The maximum Gasteiger partial charge on any atom is 0.263 e. The van der Waals surface area contributed by atoms with Crippen molar-refractivity contribution in [2.75, 3.05) is 53.5 Å². The van der Waals surface area contributed by atoms with E-state index in [0.717, 1.165) is 70.8 Å². The number of hydrogen-bond acceptors (Lipinski definition) is 5. The highest BCUT2D eigenvalue weighted by Gasteiger charge is 2.38. The fourth-order valence-electron chi connectivity index (χ4n) is 6.01. The summed E-state index contributed by atoms with van der Waals surface area (Å²) >= 11 is 0. The Morgan fingerprint density at radius 2 is 1.87 bits per heavy atom. The van der Waals surface area contributed by atoms with Crippen LogP contribution in [0.1, 0.15) is 47.7 Å². The Morgan fingerprint density at radius 1 is 1.07 bits per heavy atom. The van der Waals surface area contributed by atoms with Gasteiger partial charge in [-0.3, -0.25) is 14.5 Å². The molecule has 0 spiro atoms. The first-order chi connectivity index (χ1) is 14.5. The standard InChI is InChI=1S/C23H34N4O3/c1-24(2)19-5-8-25(15-19)22(28)20-3-4-21-17-11-16(13-27(21)23(20)29)12-26(14-17)18-6-9-30-10-7-18/h3-4,16-19H,5-15H2,1-2H3/t16-,17+,19-/m0/s1. The van der Waals surface area contributed by atoms with Gasteiger partial charge in [-0.15, -0.1) is 0 Å². The molecule has 5 rings (SSSR count). The minimum atomic E-state index is -0.0979. The topological polar surface area (TPSA) is 58.0 Å². The van der Waals surface area contributed by atoms with Crippen LogP contribution in [0.25, 0.3) is 0 Å². The van der Waals surface area contributed by atoms with E-state index in [2.05, 4.69) is 30.0 Å². The summed E-state index contributed by atoms with van der Waals surface area (Å²) in [5, 5.41) is 0. The number of ether oxygens (including phenoxy) is 1. The van der Waals surface area contributed by atoms with Crippen LogP contribution in [0.3, 0.4) is 0 Å². The molecule has 3 saturated heterocycles. The molecule has 0 unspecified atom stereocenters. The number of nitrogens with zero attached hydrogens (tertiary/aromatic N) is 4. The summed E-state index contributed by atoms with van der Waals surface area (Å²) in [7, 11) is 4.10. The lowest BCUT2D eigenvalue weighted by molar-refractivity contribution is 0.00584. The van der Waals surface area contributed by atoms with Crippen molar-refractivity contribution in [1.29, 1.82) is 0 Å². The van der Waals surface area contributed by atoms with Crippen LogP contribution in [0.4, 0.5) is 0 Å². The van der Waals surface area contributed by atoms with Gasteiger partial charge in [-0.1, -0.05) is 0 Å². The Hall–Kier alpha value is -1.70. The average Bonchev–Trinajstić information content (AvgIpc) is 3.25. The van der Waals surface area contributed by atoms with Gasteiger partial charge in [0, 0.05) is 69.6 Å². The first-order valence-electron chi connectivity index (χ1n) is 11.5. The van der Waals surface area contributed by atoms with Gasteiger partial charge in [-0.2, -0.15) is 0 Å². The van der Waals surface area contributed by atoms with E-state index in [1.165, 1.54) is 0 Å². The van der Waals surface area contributed by atoms with Gasteiger partial charge in [-0.25, -0.2) is 0 Å². The molecule has 3 atom stereocenters. The van der Waals surface area contributed by atoms with Crippen molar-refractivity contribution in [3.63, 3.8) is 0 Å². The van der Waals surface area contributed by atoms with E-state index in [9.17, 15) is 9.59 Å². The third-order valence-electron chi connectivity index (χ3n) is 7.75. The van der Waals surface area contributed by atoms with E-state index >= 15 is 0 Å². The maximum absolute atomic E-state index is 13.3. The molecule has 0 N–H and O–H groups in total. The average molecular weight is 415 g/mol. The van der Waals surface area contributed by atoms with E-state index in [-0.39, 0.29) is 11.5 Å². The summed E-state index contributed by atoms with van der Waals surface area (Å²) in [6.45, 7) is 5.98. The molecule has 1 aromatic heterocycles. The van der Waals surface area contributed by atoms with Crippen LogP contribution >= 0.6 is 0 Å². The molecular weight excluding hydrogens is 380 g/mol. The predicted octanol–water partition coefficient (Wildman–Crippen LogP) is 1.22. The van der Waals surface area contributed by atoms with E-state index in [1.54, 1.807) is 6.07 Å². The summed E-state index contributed by atoms with van der Waals surface area (Å²) in [6.07, 6.45) is 4.35.